The van der Waals surface area contributed by atoms with Gasteiger partial charge in [-0.05, 0) is 40.3 Å². The molecule has 1 rings (SSSR count). The Kier molecular flexibility index (Phi) is 3.73. The van der Waals surface area contributed by atoms with Gasteiger partial charge < -0.3 is 10.7 Å². The molecular formula is C7H6BrF2N3S. The zero-order chi connectivity index (χ0) is 10.7. The molecule has 0 aliphatic carbocycles. The lowest BCUT2D eigenvalue weighted by molar-refractivity contribution is 0.573. The van der Waals surface area contributed by atoms with Crippen LogP contribution in [-0.2, 0) is 0 Å². The molecule has 7 heteroatoms. The lowest BCUT2D eigenvalue weighted by atomic mass is 10.3. The lowest BCUT2D eigenvalue weighted by Crippen LogP contribution is -2.34. The molecule has 0 saturated heterocycles. The largest absolute Gasteiger partial charge is 0.332 e. The fourth-order valence-corrected chi connectivity index (χ4v) is 1.14. The van der Waals surface area contributed by atoms with E-state index in [1.54, 1.807) is 0 Å². The number of nitrogens with two attached hydrogens (primary N) is 1. The molecule has 0 atom stereocenters. The summed E-state index contributed by atoms with van der Waals surface area (Å²) in [6, 6.07) is 2.19. The van der Waals surface area contributed by atoms with Crippen LogP contribution in [0.15, 0.2) is 16.6 Å². The van der Waals surface area contributed by atoms with Crippen LogP contribution in [0.2, 0.25) is 0 Å². The summed E-state index contributed by atoms with van der Waals surface area (Å²) >= 11 is 7.40. The van der Waals surface area contributed by atoms with Gasteiger partial charge >= 0.3 is 0 Å². The van der Waals surface area contributed by atoms with Crippen molar-refractivity contribution >= 4 is 38.9 Å². The van der Waals surface area contributed by atoms with E-state index in [-0.39, 0.29) is 15.3 Å². The van der Waals surface area contributed by atoms with Crippen LogP contribution in [0.3, 0.4) is 0 Å². The Balaban J connectivity index is 2.95. The van der Waals surface area contributed by atoms with Crippen LogP contribution >= 0.6 is 28.1 Å². The molecule has 3 nitrogen and oxygen atoms in total. The number of halogens is 3. The maximum absolute atomic E-state index is 13.0. The first-order chi connectivity index (χ1) is 6.54. The van der Waals surface area contributed by atoms with Crippen molar-refractivity contribution < 1.29 is 8.78 Å². The van der Waals surface area contributed by atoms with Crippen molar-refractivity contribution in [1.82, 2.24) is 5.43 Å². The number of benzene rings is 1. The van der Waals surface area contributed by atoms with Gasteiger partial charge in [0.1, 0.15) is 11.6 Å². The highest BCUT2D eigenvalue weighted by Crippen LogP contribution is 2.23. The fourth-order valence-electron chi connectivity index (χ4n) is 0.795. The summed E-state index contributed by atoms with van der Waals surface area (Å²) in [5.41, 5.74) is 2.32. The minimum atomic E-state index is -0.715. The molecule has 0 heterocycles. The van der Waals surface area contributed by atoms with Crippen molar-refractivity contribution in [3.63, 3.8) is 0 Å². The summed E-state index contributed by atoms with van der Waals surface area (Å²) in [6.45, 7) is 0. The molecule has 0 unspecified atom stereocenters. The summed E-state index contributed by atoms with van der Waals surface area (Å²) in [6.07, 6.45) is 0. The standard InChI is InChI=1S/C7H6BrF2N3S/c8-6-4(9)1-3(2-5(6)10)12-7(14)13-11/h1-2H,11H2,(H2,12,13,14). The van der Waals surface area contributed by atoms with Gasteiger partial charge in [0.25, 0.3) is 0 Å². The van der Waals surface area contributed by atoms with Gasteiger partial charge in [0.2, 0.25) is 0 Å². The molecule has 0 fully saturated rings. The van der Waals surface area contributed by atoms with Crippen molar-refractivity contribution in [1.29, 1.82) is 0 Å². The maximum Gasteiger partial charge on any atom is 0.185 e. The summed E-state index contributed by atoms with van der Waals surface area (Å²) in [4.78, 5) is 0. The molecule has 1 aromatic rings. The third-order valence-corrected chi connectivity index (χ3v) is 2.35. The number of nitrogens with one attached hydrogen (secondary N) is 2. The van der Waals surface area contributed by atoms with E-state index in [9.17, 15) is 8.78 Å². The number of anilines is 1. The van der Waals surface area contributed by atoms with Crippen LogP contribution in [0, 0.1) is 11.6 Å². The number of hydrazine groups is 1. The molecule has 0 aliphatic rings. The molecule has 0 amide bonds. The summed E-state index contributed by atoms with van der Waals surface area (Å²) in [7, 11) is 0. The van der Waals surface area contributed by atoms with Crippen molar-refractivity contribution in [2.75, 3.05) is 5.32 Å². The summed E-state index contributed by atoms with van der Waals surface area (Å²) < 4.78 is 25.7. The Morgan fingerprint density at radius 2 is 1.86 bits per heavy atom. The number of hydrogen-bond acceptors (Lipinski definition) is 2. The van der Waals surface area contributed by atoms with E-state index >= 15 is 0 Å². The molecule has 4 N–H and O–H groups in total. The molecule has 0 saturated carbocycles. The van der Waals surface area contributed by atoms with E-state index in [1.165, 1.54) is 0 Å². The third-order valence-electron chi connectivity index (χ3n) is 1.37. The van der Waals surface area contributed by atoms with Crippen LogP contribution in [0.25, 0.3) is 0 Å². The van der Waals surface area contributed by atoms with Gasteiger partial charge in [-0.25, -0.2) is 14.6 Å². The topological polar surface area (TPSA) is 50.1 Å². The fraction of sp³-hybridized carbons (Fsp3) is 0. The maximum atomic E-state index is 13.0. The average molecular weight is 282 g/mol. The smallest absolute Gasteiger partial charge is 0.185 e. The van der Waals surface area contributed by atoms with Gasteiger partial charge in [-0.3, -0.25) is 0 Å². The van der Waals surface area contributed by atoms with Gasteiger partial charge in [-0.2, -0.15) is 0 Å². The van der Waals surface area contributed by atoms with E-state index in [1.807, 2.05) is 0 Å². The second kappa shape index (κ2) is 4.63. The highest BCUT2D eigenvalue weighted by Gasteiger charge is 2.08. The van der Waals surface area contributed by atoms with E-state index in [4.69, 9.17) is 5.84 Å². The Bertz CT molecular complexity index is 349. The SMILES string of the molecule is NNC(=S)Nc1cc(F)c(Br)c(F)c1. The van der Waals surface area contributed by atoms with E-state index in [0.29, 0.717) is 0 Å². The number of rotatable bonds is 1. The molecule has 0 bridgehead atoms. The molecule has 76 valence electrons. The number of thiocarbonyl (C=S) groups is 1. The highest BCUT2D eigenvalue weighted by molar-refractivity contribution is 9.10. The van der Waals surface area contributed by atoms with Gasteiger partial charge in [0.05, 0.1) is 4.47 Å². The van der Waals surface area contributed by atoms with E-state index in [0.717, 1.165) is 12.1 Å². The molecule has 14 heavy (non-hydrogen) atoms. The van der Waals surface area contributed by atoms with Gasteiger partial charge in [0.15, 0.2) is 5.11 Å². The molecular weight excluding hydrogens is 276 g/mol. The van der Waals surface area contributed by atoms with Crippen LogP contribution in [0.1, 0.15) is 0 Å². The first-order valence-corrected chi connectivity index (χ1v) is 4.67. The van der Waals surface area contributed by atoms with Crippen molar-refractivity contribution in [2.24, 2.45) is 5.84 Å². The molecule has 0 aromatic heterocycles. The molecule has 1 aromatic carbocycles. The Morgan fingerprint density at radius 3 is 2.29 bits per heavy atom. The predicted octanol–water partition coefficient (Wildman–Crippen LogP) is 1.89. The zero-order valence-electron chi connectivity index (χ0n) is 6.77. The second-order valence-corrected chi connectivity index (χ2v) is 3.55. The Hall–Kier alpha value is -0.790. The van der Waals surface area contributed by atoms with Gasteiger partial charge in [-0.1, -0.05) is 0 Å². The predicted molar refractivity (Wildman–Crippen MR) is 57.6 cm³/mol. The average Bonchev–Trinajstić information content (AvgIpc) is 2.14. The highest BCUT2D eigenvalue weighted by atomic mass is 79.9. The van der Waals surface area contributed by atoms with Crippen LogP contribution in [0.4, 0.5) is 14.5 Å². The quantitative estimate of drug-likeness (QED) is 0.319. The molecule has 0 radical (unpaired) electrons. The van der Waals surface area contributed by atoms with Crippen molar-refractivity contribution in [3.8, 4) is 0 Å². The minimum absolute atomic E-state index is 0.0751. The number of hydrogen-bond donors (Lipinski definition) is 3. The normalized spacial score (nSPS) is 9.71. The van der Waals surface area contributed by atoms with Gasteiger partial charge in [0, 0.05) is 5.69 Å². The van der Waals surface area contributed by atoms with E-state index in [2.05, 4.69) is 38.9 Å². The molecule has 0 spiro atoms. The van der Waals surface area contributed by atoms with Crippen LogP contribution < -0.4 is 16.6 Å². The Labute approximate surface area is 92.8 Å². The minimum Gasteiger partial charge on any atom is -0.332 e. The van der Waals surface area contributed by atoms with E-state index < -0.39 is 11.6 Å². The second-order valence-electron chi connectivity index (χ2n) is 2.35. The van der Waals surface area contributed by atoms with Crippen LogP contribution in [0.5, 0.6) is 0 Å². The van der Waals surface area contributed by atoms with Crippen molar-refractivity contribution in [3.05, 3.63) is 28.2 Å². The van der Waals surface area contributed by atoms with Crippen molar-refractivity contribution in [2.45, 2.75) is 0 Å². The third kappa shape index (κ3) is 2.60. The zero-order valence-corrected chi connectivity index (χ0v) is 9.18. The summed E-state index contributed by atoms with van der Waals surface area (Å²) in [5.74, 6) is 3.54. The summed E-state index contributed by atoms with van der Waals surface area (Å²) in [5, 5.41) is 2.57. The monoisotopic (exact) mass is 281 g/mol. The van der Waals surface area contributed by atoms with Gasteiger partial charge in [-0.15, -0.1) is 0 Å². The molecule has 0 aliphatic heterocycles. The lowest BCUT2D eigenvalue weighted by Gasteiger charge is -2.07. The Morgan fingerprint density at radius 1 is 1.36 bits per heavy atom. The first-order valence-electron chi connectivity index (χ1n) is 3.46. The first kappa shape index (κ1) is 11.3. The van der Waals surface area contributed by atoms with Crippen LogP contribution in [-0.4, -0.2) is 5.11 Å².